The van der Waals surface area contributed by atoms with E-state index in [0.717, 1.165) is 11.1 Å². The number of ether oxygens (including phenoxy) is 1. The number of amides is 1. The summed E-state index contributed by atoms with van der Waals surface area (Å²) in [6, 6.07) is 20.6. The van der Waals surface area contributed by atoms with Crippen molar-refractivity contribution >= 4 is 23.2 Å². The minimum Gasteiger partial charge on any atom is -0.489 e. The molecule has 0 fully saturated rings. The van der Waals surface area contributed by atoms with E-state index < -0.39 is 0 Å². The highest BCUT2D eigenvalue weighted by Crippen LogP contribution is 2.15. The molecule has 27 heavy (non-hydrogen) atoms. The van der Waals surface area contributed by atoms with Gasteiger partial charge < -0.3 is 10.1 Å². The summed E-state index contributed by atoms with van der Waals surface area (Å²) in [5.74, 6) is 0.338. The lowest BCUT2D eigenvalue weighted by atomic mass is 10.2. The molecule has 5 nitrogen and oxygen atoms in total. The minimum absolute atomic E-state index is 0.263. The lowest BCUT2D eigenvalue weighted by Crippen LogP contribution is -2.38. The second-order valence-electron chi connectivity index (χ2n) is 5.80. The zero-order valence-corrected chi connectivity index (χ0v) is 15.4. The number of hydrogen-bond acceptors (Lipinski definition) is 4. The van der Waals surface area contributed by atoms with Crippen LogP contribution in [0.25, 0.3) is 0 Å². The van der Waals surface area contributed by atoms with Crippen LogP contribution in [0.5, 0.6) is 5.75 Å². The highest BCUT2D eigenvalue weighted by molar-refractivity contribution is 7.80. The Balaban J connectivity index is 1.52. The Labute approximate surface area is 163 Å². The van der Waals surface area contributed by atoms with E-state index in [9.17, 15) is 4.79 Å². The number of nitrogens with one attached hydrogen (secondary N) is 2. The second kappa shape index (κ2) is 9.45. The Hall–Kier alpha value is -3.25. The van der Waals surface area contributed by atoms with Crippen molar-refractivity contribution in [2.24, 2.45) is 0 Å². The Kier molecular flexibility index (Phi) is 6.49. The minimum atomic E-state index is -0.288. The number of rotatable bonds is 6. The van der Waals surface area contributed by atoms with Crippen molar-refractivity contribution in [1.82, 2.24) is 15.6 Å². The van der Waals surface area contributed by atoms with Crippen LogP contribution in [-0.2, 0) is 13.2 Å². The molecule has 0 aliphatic carbocycles. The molecule has 136 valence electrons. The summed E-state index contributed by atoms with van der Waals surface area (Å²) in [6.07, 6.45) is 3.45. The highest BCUT2D eigenvalue weighted by Gasteiger charge is 2.09. The molecule has 2 aromatic carbocycles. The summed E-state index contributed by atoms with van der Waals surface area (Å²) in [5.41, 5.74) is 2.52. The molecule has 0 atom stereocenters. The third-order valence-electron chi connectivity index (χ3n) is 3.75. The van der Waals surface area contributed by atoms with Crippen LogP contribution in [0.15, 0.2) is 79.1 Å². The quantitative estimate of drug-likeness (QED) is 0.644. The van der Waals surface area contributed by atoms with Crippen molar-refractivity contribution < 1.29 is 9.53 Å². The van der Waals surface area contributed by atoms with Crippen LogP contribution in [0.4, 0.5) is 0 Å². The van der Waals surface area contributed by atoms with Crippen molar-refractivity contribution in [1.29, 1.82) is 0 Å². The zero-order valence-electron chi connectivity index (χ0n) is 14.6. The number of thiocarbonyl (C=S) groups is 1. The lowest BCUT2D eigenvalue weighted by Gasteiger charge is -2.11. The molecule has 0 aliphatic rings. The molecule has 1 amide bonds. The maximum absolute atomic E-state index is 12.4. The number of nitrogens with zero attached hydrogens (tertiary/aromatic N) is 1. The van der Waals surface area contributed by atoms with E-state index in [2.05, 4.69) is 15.6 Å². The van der Waals surface area contributed by atoms with E-state index in [4.69, 9.17) is 17.0 Å². The van der Waals surface area contributed by atoms with Crippen LogP contribution in [0.1, 0.15) is 21.5 Å². The standard InChI is InChI=1S/C21H19N3O2S/c25-20(24-21(27)23-14-17-8-5-11-22-13-17)18-9-4-10-19(12-18)26-15-16-6-2-1-3-7-16/h1-13H,14-15H2,(H2,23,24,25,27). The fourth-order valence-corrected chi connectivity index (χ4v) is 2.54. The predicted molar refractivity (Wildman–Crippen MR) is 108 cm³/mol. The van der Waals surface area contributed by atoms with Crippen molar-refractivity contribution in [2.45, 2.75) is 13.2 Å². The third-order valence-corrected chi connectivity index (χ3v) is 3.99. The maximum Gasteiger partial charge on any atom is 0.257 e. The first-order valence-electron chi connectivity index (χ1n) is 8.45. The number of carbonyl (C=O) groups excluding carboxylic acids is 1. The van der Waals surface area contributed by atoms with E-state index in [1.807, 2.05) is 48.5 Å². The fraction of sp³-hybridized carbons (Fsp3) is 0.0952. The molecule has 1 heterocycles. The first-order valence-corrected chi connectivity index (χ1v) is 8.86. The molecule has 3 aromatic rings. The van der Waals surface area contributed by atoms with Gasteiger partial charge in [-0.3, -0.25) is 15.1 Å². The molecule has 0 saturated carbocycles. The van der Waals surface area contributed by atoms with E-state index in [1.54, 1.807) is 30.6 Å². The number of hydrogen-bond donors (Lipinski definition) is 2. The Morgan fingerprint density at radius 2 is 1.81 bits per heavy atom. The van der Waals surface area contributed by atoms with Gasteiger partial charge >= 0.3 is 0 Å². The molecule has 0 radical (unpaired) electrons. The second-order valence-corrected chi connectivity index (χ2v) is 6.21. The van der Waals surface area contributed by atoms with Gasteiger partial charge in [-0.1, -0.05) is 42.5 Å². The largest absolute Gasteiger partial charge is 0.489 e. The van der Waals surface area contributed by atoms with E-state index in [0.29, 0.717) is 24.5 Å². The fourth-order valence-electron chi connectivity index (χ4n) is 2.37. The van der Waals surface area contributed by atoms with Gasteiger partial charge in [0.2, 0.25) is 0 Å². The lowest BCUT2D eigenvalue weighted by molar-refractivity contribution is 0.0976. The van der Waals surface area contributed by atoms with Gasteiger partial charge in [0.05, 0.1) is 0 Å². The topological polar surface area (TPSA) is 63.2 Å². The highest BCUT2D eigenvalue weighted by atomic mass is 32.1. The number of benzene rings is 2. The van der Waals surface area contributed by atoms with Gasteiger partial charge in [-0.25, -0.2) is 0 Å². The van der Waals surface area contributed by atoms with Crippen molar-refractivity contribution in [3.8, 4) is 5.75 Å². The van der Waals surface area contributed by atoms with Gasteiger partial charge in [0.1, 0.15) is 12.4 Å². The summed E-state index contributed by atoms with van der Waals surface area (Å²) in [4.78, 5) is 16.4. The number of carbonyl (C=O) groups is 1. The molecule has 0 aliphatic heterocycles. The molecular weight excluding hydrogens is 358 g/mol. The SMILES string of the molecule is O=C(NC(=S)NCc1cccnc1)c1cccc(OCc2ccccc2)c1. The van der Waals surface area contributed by atoms with Crippen LogP contribution in [0, 0.1) is 0 Å². The molecule has 0 bridgehead atoms. The average Bonchev–Trinajstić information content (AvgIpc) is 2.72. The normalized spacial score (nSPS) is 10.1. The van der Waals surface area contributed by atoms with Gasteiger partial charge in [0, 0.05) is 24.5 Å². The summed E-state index contributed by atoms with van der Waals surface area (Å²) in [7, 11) is 0. The monoisotopic (exact) mass is 377 g/mol. The Morgan fingerprint density at radius 1 is 1.00 bits per heavy atom. The molecule has 0 spiro atoms. The number of pyridine rings is 1. The molecule has 3 rings (SSSR count). The smallest absolute Gasteiger partial charge is 0.257 e. The molecular formula is C21H19N3O2S. The number of aromatic nitrogens is 1. The van der Waals surface area contributed by atoms with Crippen molar-refractivity contribution in [2.75, 3.05) is 0 Å². The van der Waals surface area contributed by atoms with Crippen LogP contribution in [-0.4, -0.2) is 16.0 Å². The summed E-state index contributed by atoms with van der Waals surface area (Å²) in [5, 5.41) is 5.93. The zero-order chi connectivity index (χ0) is 18.9. The van der Waals surface area contributed by atoms with Crippen LogP contribution < -0.4 is 15.4 Å². The van der Waals surface area contributed by atoms with Crippen molar-refractivity contribution in [3.63, 3.8) is 0 Å². The van der Waals surface area contributed by atoms with E-state index in [-0.39, 0.29) is 11.0 Å². The maximum atomic E-state index is 12.4. The molecule has 0 saturated heterocycles. The molecule has 1 aromatic heterocycles. The third kappa shape index (κ3) is 5.90. The summed E-state index contributed by atoms with van der Waals surface area (Å²) >= 11 is 5.18. The van der Waals surface area contributed by atoms with Crippen LogP contribution >= 0.6 is 12.2 Å². The van der Waals surface area contributed by atoms with Gasteiger partial charge in [0.25, 0.3) is 5.91 Å². The first kappa shape index (κ1) is 18.5. The molecule has 6 heteroatoms. The van der Waals surface area contributed by atoms with Gasteiger partial charge in [0.15, 0.2) is 5.11 Å². The van der Waals surface area contributed by atoms with Gasteiger partial charge in [-0.05, 0) is 47.6 Å². The average molecular weight is 377 g/mol. The van der Waals surface area contributed by atoms with Gasteiger partial charge in [-0.2, -0.15) is 0 Å². The predicted octanol–water partition coefficient (Wildman–Crippen LogP) is 3.47. The van der Waals surface area contributed by atoms with E-state index in [1.165, 1.54) is 0 Å². The molecule has 0 unspecified atom stereocenters. The van der Waals surface area contributed by atoms with Crippen molar-refractivity contribution in [3.05, 3.63) is 95.8 Å². The summed E-state index contributed by atoms with van der Waals surface area (Å²) < 4.78 is 5.76. The Morgan fingerprint density at radius 3 is 2.59 bits per heavy atom. The first-order chi connectivity index (χ1) is 13.2. The summed E-state index contributed by atoms with van der Waals surface area (Å²) in [6.45, 7) is 0.935. The van der Waals surface area contributed by atoms with Crippen LogP contribution in [0.3, 0.4) is 0 Å². The van der Waals surface area contributed by atoms with Gasteiger partial charge in [-0.15, -0.1) is 0 Å². The Bertz CT molecular complexity index is 902. The van der Waals surface area contributed by atoms with Crippen LogP contribution in [0.2, 0.25) is 0 Å². The van der Waals surface area contributed by atoms with E-state index >= 15 is 0 Å². The molecule has 2 N–H and O–H groups in total.